The van der Waals surface area contributed by atoms with E-state index in [0.29, 0.717) is 11.9 Å². The zero-order valence-electron chi connectivity index (χ0n) is 12.9. The Morgan fingerprint density at radius 1 is 1.00 bits per heavy atom. The summed E-state index contributed by atoms with van der Waals surface area (Å²) in [5.41, 5.74) is 3.10. The minimum atomic E-state index is 0.125. The monoisotopic (exact) mass is 294 g/mol. The molecule has 0 aliphatic rings. The number of nitrogens with one attached hydrogen (secondary N) is 1. The molecule has 5 heteroatoms. The van der Waals surface area contributed by atoms with Crippen molar-refractivity contribution in [2.45, 2.75) is 26.2 Å². The Balaban J connectivity index is 1.79. The van der Waals surface area contributed by atoms with Crippen LogP contribution in [0.25, 0.3) is 11.5 Å². The minimum Gasteiger partial charge on any atom is -0.403 e. The van der Waals surface area contributed by atoms with Crippen molar-refractivity contribution in [2.75, 3.05) is 5.32 Å². The van der Waals surface area contributed by atoms with Gasteiger partial charge in [0.1, 0.15) is 0 Å². The van der Waals surface area contributed by atoms with Gasteiger partial charge in [0.25, 0.3) is 0 Å². The summed E-state index contributed by atoms with van der Waals surface area (Å²) in [7, 11) is 0. The molecule has 112 valence electrons. The number of hydrogen-bond donors (Lipinski definition) is 1. The molecule has 22 heavy (non-hydrogen) atoms. The Hall–Kier alpha value is -2.69. The van der Waals surface area contributed by atoms with Crippen LogP contribution in [0.3, 0.4) is 0 Å². The van der Waals surface area contributed by atoms with Crippen molar-refractivity contribution in [3.8, 4) is 11.5 Å². The van der Waals surface area contributed by atoms with Crippen LogP contribution in [0.1, 0.15) is 26.3 Å². The Kier molecular flexibility index (Phi) is 3.63. The lowest BCUT2D eigenvalue weighted by Crippen LogP contribution is -2.10. The second-order valence-corrected chi connectivity index (χ2v) is 6.11. The van der Waals surface area contributed by atoms with Crippen LogP contribution in [-0.4, -0.2) is 15.2 Å². The number of anilines is 2. The van der Waals surface area contributed by atoms with Crippen LogP contribution in [0.15, 0.2) is 53.2 Å². The molecule has 0 saturated heterocycles. The standard InChI is InChI=1S/C17H18N4O/c1-17(2,3)13-8-6-12(7-9-13)15-20-21-16(22-15)19-14-5-4-10-18-11-14/h4-11H,1-3H3,(H,19,21). The van der Waals surface area contributed by atoms with Crippen LogP contribution < -0.4 is 5.32 Å². The molecule has 0 fully saturated rings. The van der Waals surface area contributed by atoms with E-state index in [4.69, 9.17) is 4.42 Å². The van der Waals surface area contributed by atoms with Crippen LogP contribution in [0.2, 0.25) is 0 Å². The van der Waals surface area contributed by atoms with Gasteiger partial charge in [-0.3, -0.25) is 4.98 Å². The van der Waals surface area contributed by atoms with Crippen molar-refractivity contribution in [2.24, 2.45) is 0 Å². The van der Waals surface area contributed by atoms with Gasteiger partial charge in [0.2, 0.25) is 5.89 Å². The molecule has 0 saturated carbocycles. The van der Waals surface area contributed by atoms with Crippen LogP contribution in [-0.2, 0) is 5.41 Å². The molecule has 2 aromatic heterocycles. The fourth-order valence-electron chi connectivity index (χ4n) is 2.06. The summed E-state index contributed by atoms with van der Waals surface area (Å²) in [6, 6.07) is 12.3. The summed E-state index contributed by atoms with van der Waals surface area (Å²) in [6.45, 7) is 6.56. The van der Waals surface area contributed by atoms with Gasteiger partial charge in [-0.2, -0.15) is 0 Å². The van der Waals surface area contributed by atoms with Gasteiger partial charge in [-0.05, 0) is 35.2 Å². The second-order valence-electron chi connectivity index (χ2n) is 6.11. The molecule has 3 rings (SSSR count). The van der Waals surface area contributed by atoms with E-state index in [2.05, 4.69) is 53.4 Å². The summed E-state index contributed by atoms with van der Waals surface area (Å²) >= 11 is 0. The van der Waals surface area contributed by atoms with E-state index in [1.165, 1.54) is 5.56 Å². The lowest BCUT2D eigenvalue weighted by Gasteiger charge is -2.18. The molecule has 3 aromatic rings. The van der Waals surface area contributed by atoms with Crippen molar-refractivity contribution in [1.29, 1.82) is 0 Å². The second kappa shape index (κ2) is 5.60. The molecule has 2 heterocycles. The van der Waals surface area contributed by atoms with Gasteiger partial charge in [-0.1, -0.05) is 38.0 Å². The first-order chi connectivity index (χ1) is 10.5. The average Bonchev–Trinajstić information content (AvgIpc) is 2.96. The number of aromatic nitrogens is 3. The number of pyridine rings is 1. The van der Waals surface area contributed by atoms with E-state index in [-0.39, 0.29) is 5.41 Å². The van der Waals surface area contributed by atoms with Crippen LogP contribution >= 0.6 is 0 Å². The molecule has 0 atom stereocenters. The fraction of sp³-hybridized carbons (Fsp3) is 0.235. The molecule has 0 bridgehead atoms. The first-order valence-corrected chi connectivity index (χ1v) is 7.14. The van der Waals surface area contributed by atoms with Crippen molar-refractivity contribution in [3.63, 3.8) is 0 Å². The SMILES string of the molecule is CC(C)(C)c1ccc(-c2nnc(Nc3cccnc3)o2)cc1. The summed E-state index contributed by atoms with van der Waals surface area (Å²) in [4.78, 5) is 4.03. The molecule has 0 aliphatic carbocycles. The zero-order chi connectivity index (χ0) is 15.6. The average molecular weight is 294 g/mol. The minimum absolute atomic E-state index is 0.125. The van der Waals surface area contributed by atoms with E-state index >= 15 is 0 Å². The number of nitrogens with zero attached hydrogens (tertiary/aromatic N) is 3. The first-order valence-electron chi connectivity index (χ1n) is 7.14. The van der Waals surface area contributed by atoms with Gasteiger partial charge < -0.3 is 9.73 Å². The summed E-state index contributed by atoms with van der Waals surface area (Å²) in [6.07, 6.45) is 3.41. The molecular formula is C17H18N4O. The molecule has 0 amide bonds. The molecular weight excluding hydrogens is 276 g/mol. The third kappa shape index (κ3) is 3.14. The predicted molar refractivity (Wildman–Crippen MR) is 86.0 cm³/mol. The van der Waals surface area contributed by atoms with Crippen LogP contribution in [0.4, 0.5) is 11.7 Å². The van der Waals surface area contributed by atoms with E-state index in [0.717, 1.165) is 11.3 Å². The Bertz CT molecular complexity index is 742. The highest BCUT2D eigenvalue weighted by Crippen LogP contribution is 2.26. The van der Waals surface area contributed by atoms with Crippen molar-refractivity contribution < 1.29 is 4.42 Å². The maximum absolute atomic E-state index is 5.64. The summed E-state index contributed by atoms with van der Waals surface area (Å²) < 4.78 is 5.64. The molecule has 5 nitrogen and oxygen atoms in total. The Morgan fingerprint density at radius 2 is 1.77 bits per heavy atom. The van der Waals surface area contributed by atoms with Gasteiger partial charge in [0.15, 0.2) is 0 Å². The van der Waals surface area contributed by atoms with Crippen LogP contribution in [0.5, 0.6) is 0 Å². The lowest BCUT2D eigenvalue weighted by molar-refractivity contribution is 0.584. The highest BCUT2D eigenvalue weighted by molar-refractivity contribution is 5.56. The largest absolute Gasteiger partial charge is 0.403 e. The van der Waals surface area contributed by atoms with Crippen molar-refractivity contribution in [3.05, 3.63) is 54.4 Å². The zero-order valence-corrected chi connectivity index (χ0v) is 12.9. The van der Waals surface area contributed by atoms with E-state index in [9.17, 15) is 0 Å². The van der Waals surface area contributed by atoms with Gasteiger partial charge in [-0.15, -0.1) is 5.10 Å². The fourth-order valence-corrected chi connectivity index (χ4v) is 2.06. The maximum atomic E-state index is 5.64. The van der Waals surface area contributed by atoms with E-state index in [1.54, 1.807) is 12.4 Å². The molecule has 1 aromatic carbocycles. The Morgan fingerprint density at radius 3 is 2.41 bits per heavy atom. The van der Waals surface area contributed by atoms with E-state index < -0.39 is 0 Å². The maximum Gasteiger partial charge on any atom is 0.320 e. The molecule has 0 aliphatic heterocycles. The normalized spacial score (nSPS) is 11.4. The van der Waals surface area contributed by atoms with Gasteiger partial charge in [0.05, 0.1) is 11.9 Å². The van der Waals surface area contributed by atoms with Crippen LogP contribution in [0, 0.1) is 0 Å². The lowest BCUT2D eigenvalue weighted by atomic mass is 9.87. The topological polar surface area (TPSA) is 63.8 Å². The van der Waals surface area contributed by atoms with Crippen molar-refractivity contribution in [1.82, 2.24) is 15.2 Å². The quantitative estimate of drug-likeness (QED) is 0.785. The molecule has 1 N–H and O–H groups in total. The highest BCUT2D eigenvalue weighted by Gasteiger charge is 2.14. The number of benzene rings is 1. The summed E-state index contributed by atoms with van der Waals surface area (Å²) in [5, 5.41) is 11.1. The smallest absolute Gasteiger partial charge is 0.320 e. The highest BCUT2D eigenvalue weighted by atomic mass is 16.4. The van der Waals surface area contributed by atoms with Gasteiger partial charge in [0, 0.05) is 11.8 Å². The molecule has 0 radical (unpaired) electrons. The predicted octanol–water partition coefficient (Wildman–Crippen LogP) is 4.17. The number of rotatable bonds is 3. The van der Waals surface area contributed by atoms with Crippen molar-refractivity contribution >= 4 is 11.7 Å². The summed E-state index contributed by atoms with van der Waals surface area (Å²) in [5.74, 6) is 0.492. The first kappa shape index (κ1) is 14.3. The van der Waals surface area contributed by atoms with Gasteiger partial charge in [-0.25, -0.2) is 0 Å². The number of hydrogen-bond acceptors (Lipinski definition) is 5. The molecule has 0 unspecified atom stereocenters. The Labute approximate surface area is 129 Å². The van der Waals surface area contributed by atoms with E-state index in [1.807, 2.05) is 24.3 Å². The third-order valence-electron chi connectivity index (χ3n) is 3.34. The third-order valence-corrected chi connectivity index (χ3v) is 3.34. The van der Waals surface area contributed by atoms with Gasteiger partial charge >= 0.3 is 6.01 Å². The molecule has 0 spiro atoms.